The molecule has 128 valence electrons. The maximum absolute atomic E-state index is 12.6. The lowest BCUT2D eigenvalue weighted by atomic mass is 9.82. The van der Waals surface area contributed by atoms with Gasteiger partial charge >= 0.3 is 6.18 Å². The molecular weight excluding hydrogens is 315 g/mol. The van der Waals surface area contributed by atoms with Crippen LogP contribution in [0.3, 0.4) is 0 Å². The van der Waals surface area contributed by atoms with Crippen molar-refractivity contribution in [3.8, 4) is 0 Å². The van der Waals surface area contributed by atoms with E-state index < -0.39 is 17.2 Å². The summed E-state index contributed by atoms with van der Waals surface area (Å²) in [5.74, 6) is -0.271. The predicted molar refractivity (Wildman–Crippen MR) is 89.0 cm³/mol. The summed E-state index contributed by atoms with van der Waals surface area (Å²) >= 11 is 0. The summed E-state index contributed by atoms with van der Waals surface area (Å²) in [6.45, 7) is 7.50. The topological polar surface area (TPSA) is 29.1 Å². The molecule has 2 nitrogen and oxygen atoms in total. The first-order valence-corrected chi connectivity index (χ1v) is 7.57. The van der Waals surface area contributed by atoms with Gasteiger partial charge in [-0.1, -0.05) is 29.3 Å². The van der Waals surface area contributed by atoms with Crippen LogP contribution in [0.2, 0.25) is 0 Å². The Morgan fingerprint density at radius 3 is 1.83 bits per heavy atom. The van der Waals surface area contributed by atoms with Gasteiger partial charge in [0.15, 0.2) is 0 Å². The molecule has 2 aromatic rings. The Morgan fingerprint density at radius 1 is 0.875 bits per heavy atom. The molecule has 0 saturated carbocycles. The Labute approximate surface area is 139 Å². The molecule has 1 amide bonds. The van der Waals surface area contributed by atoms with Crippen molar-refractivity contribution in [2.45, 2.75) is 39.3 Å². The van der Waals surface area contributed by atoms with Gasteiger partial charge in [0.2, 0.25) is 5.91 Å². The number of carbonyl (C=O) groups is 1. The maximum Gasteiger partial charge on any atom is 0.416 e. The average molecular weight is 335 g/mol. The minimum Gasteiger partial charge on any atom is -0.325 e. The quantitative estimate of drug-likeness (QED) is 0.817. The molecule has 0 aromatic heterocycles. The van der Waals surface area contributed by atoms with E-state index in [2.05, 4.69) is 5.32 Å². The second-order valence-electron chi connectivity index (χ2n) is 6.53. The van der Waals surface area contributed by atoms with Crippen LogP contribution in [0.25, 0.3) is 0 Å². The number of hydrogen-bond acceptors (Lipinski definition) is 1. The van der Waals surface area contributed by atoms with Crippen molar-refractivity contribution in [3.05, 3.63) is 64.7 Å². The van der Waals surface area contributed by atoms with E-state index in [0.29, 0.717) is 5.69 Å². The summed E-state index contributed by atoms with van der Waals surface area (Å²) < 4.78 is 37.7. The first-order chi connectivity index (χ1) is 11.0. The van der Waals surface area contributed by atoms with E-state index in [4.69, 9.17) is 0 Å². The van der Waals surface area contributed by atoms with Gasteiger partial charge in [-0.3, -0.25) is 4.79 Å². The third-order valence-corrected chi connectivity index (χ3v) is 3.98. The predicted octanol–water partition coefficient (Wildman–Crippen LogP) is 5.24. The summed E-state index contributed by atoms with van der Waals surface area (Å²) in [5, 5.41) is 2.69. The smallest absolute Gasteiger partial charge is 0.325 e. The summed E-state index contributed by atoms with van der Waals surface area (Å²) in [7, 11) is 0. The van der Waals surface area contributed by atoms with Gasteiger partial charge in [0.1, 0.15) is 0 Å². The second-order valence-corrected chi connectivity index (χ2v) is 6.53. The third-order valence-electron chi connectivity index (χ3n) is 3.98. The summed E-state index contributed by atoms with van der Waals surface area (Å²) in [4.78, 5) is 12.6. The highest BCUT2D eigenvalue weighted by Crippen LogP contribution is 2.31. The summed E-state index contributed by atoms with van der Waals surface area (Å²) in [6, 6.07) is 10.3. The Hall–Kier alpha value is -2.30. The van der Waals surface area contributed by atoms with E-state index >= 15 is 0 Å². The van der Waals surface area contributed by atoms with Crippen LogP contribution in [-0.4, -0.2) is 5.91 Å². The number of amides is 1. The van der Waals surface area contributed by atoms with Gasteiger partial charge < -0.3 is 5.32 Å². The molecule has 5 heteroatoms. The van der Waals surface area contributed by atoms with Crippen molar-refractivity contribution in [1.82, 2.24) is 0 Å². The van der Waals surface area contributed by atoms with E-state index in [1.165, 1.54) is 12.1 Å². The van der Waals surface area contributed by atoms with Gasteiger partial charge in [-0.2, -0.15) is 13.2 Å². The zero-order valence-electron chi connectivity index (χ0n) is 14.1. The first-order valence-electron chi connectivity index (χ1n) is 7.57. The van der Waals surface area contributed by atoms with Crippen molar-refractivity contribution in [2.75, 3.05) is 5.32 Å². The van der Waals surface area contributed by atoms with Crippen LogP contribution in [0.4, 0.5) is 18.9 Å². The molecule has 0 spiro atoms. The van der Waals surface area contributed by atoms with E-state index in [1.807, 2.05) is 32.0 Å². The summed E-state index contributed by atoms with van der Waals surface area (Å²) in [5.41, 5.74) is 1.77. The number of nitrogens with one attached hydrogen (secondary N) is 1. The van der Waals surface area contributed by atoms with Crippen molar-refractivity contribution in [3.63, 3.8) is 0 Å². The molecule has 0 fully saturated rings. The molecule has 2 rings (SSSR count). The van der Waals surface area contributed by atoms with Crippen LogP contribution in [-0.2, 0) is 16.4 Å². The van der Waals surface area contributed by atoms with Crippen LogP contribution >= 0.6 is 0 Å². The van der Waals surface area contributed by atoms with Crippen LogP contribution < -0.4 is 5.32 Å². The minimum absolute atomic E-state index is 0.271. The van der Waals surface area contributed by atoms with Crippen LogP contribution in [0.5, 0.6) is 0 Å². The van der Waals surface area contributed by atoms with Crippen LogP contribution in [0, 0.1) is 13.8 Å². The molecule has 0 unspecified atom stereocenters. The second kappa shape index (κ2) is 6.30. The van der Waals surface area contributed by atoms with Gasteiger partial charge in [0.25, 0.3) is 0 Å². The standard InChI is InChI=1S/C19H20F3NO/c1-12-9-13(2)11-15(10-12)18(3,4)17(24)23-16-7-5-14(6-8-16)19(20,21)22/h5-11H,1-4H3,(H,23,24). The van der Waals surface area contributed by atoms with E-state index in [-0.39, 0.29) is 5.91 Å². The fourth-order valence-corrected chi connectivity index (χ4v) is 2.50. The van der Waals surface area contributed by atoms with Crippen molar-refractivity contribution in [1.29, 1.82) is 0 Å². The SMILES string of the molecule is Cc1cc(C)cc(C(C)(C)C(=O)Nc2ccc(C(F)(F)F)cc2)c1. The molecule has 1 N–H and O–H groups in total. The fourth-order valence-electron chi connectivity index (χ4n) is 2.50. The van der Waals surface area contributed by atoms with Crippen molar-refractivity contribution < 1.29 is 18.0 Å². The van der Waals surface area contributed by atoms with Gasteiger partial charge in [-0.15, -0.1) is 0 Å². The highest BCUT2D eigenvalue weighted by Gasteiger charge is 2.32. The van der Waals surface area contributed by atoms with Crippen LogP contribution in [0.1, 0.15) is 36.1 Å². The molecular formula is C19H20F3NO. The molecule has 24 heavy (non-hydrogen) atoms. The largest absolute Gasteiger partial charge is 0.416 e. The van der Waals surface area contributed by atoms with E-state index in [1.54, 1.807) is 13.8 Å². The highest BCUT2D eigenvalue weighted by atomic mass is 19.4. The van der Waals surface area contributed by atoms with Crippen molar-refractivity contribution in [2.24, 2.45) is 0 Å². The Bertz CT molecular complexity index is 726. The number of rotatable bonds is 3. The first kappa shape index (κ1) is 18.0. The van der Waals surface area contributed by atoms with Gasteiger partial charge in [0.05, 0.1) is 11.0 Å². The zero-order valence-corrected chi connectivity index (χ0v) is 14.1. The average Bonchev–Trinajstić information content (AvgIpc) is 2.45. The van der Waals surface area contributed by atoms with Crippen molar-refractivity contribution >= 4 is 11.6 Å². The molecule has 0 atom stereocenters. The number of alkyl halides is 3. The molecule has 0 aliphatic heterocycles. The lowest BCUT2D eigenvalue weighted by Gasteiger charge is -2.25. The number of hydrogen-bond donors (Lipinski definition) is 1. The number of carbonyl (C=O) groups excluding carboxylic acids is 1. The zero-order chi connectivity index (χ0) is 18.1. The van der Waals surface area contributed by atoms with Gasteiger partial charge in [0, 0.05) is 5.69 Å². The third kappa shape index (κ3) is 3.96. The monoisotopic (exact) mass is 335 g/mol. The van der Waals surface area contributed by atoms with Gasteiger partial charge in [-0.05, 0) is 57.5 Å². The molecule has 2 aromatic carbocycles. The number of benzene rings is 2. The molecule has 0 radical (unpaired) electrons. The minimum atomic E-state index is -4.39. The lowest BCUT2D eigenvalue weighted by Crippen LogP contribution is -2.34. The lowest BCUT2D eigenvalue weighted by molar-refractivity contribution is -0.137. The number of aryl methyl sites for hydroxylation is 2. The molecule has 0 heterocycles. The maximum atomic E-state index is 12.6. The molecule has 0 aliphatic rings. The van der Waals surface area contributed by atoms with Gasteiger partial charge in [-0.25, -0.2) is 0 Å². The van der Waals surface area contributed by atoms with E-state index in [9.17, 15) is 18.0 Å². The normalized spacial score (nSPS) is 12.1. The molecule has 0 bridgehead atoms. The van der Waals surface area contributed by atoms with E-state index in [0.717, 1.165) is 28.8 Å². The molecule has 0 aliphatic carbocycles. The Kier molecular flexibility index (Phi) is 4.74. The molecule has 0 saturated heterocycles. The highest BCUT2D eigenvalue weighted by molar-refractivity contribution is 5.98. The summed E-state index contributed by atoms with van der Waals surface area (Å²) in [6.07, 6.45) is -4.39. The van der Waals surface area contributed by atoms with Crippen LogP contribution in [0.15, 0.2) is 42.5 Å². The Morgan fingerprint density at radius 2 is 1.38 bits per heavy atom. The Balaban J connectivity index is 2.21. The number of halogens is 3. The number of anilines is 1. The fraction of sp³-hybridized carbons (Fsp3) is 0.316.